The van der Waals surface area contributed by atoms with Crippen LogP contribution in [0.1, 0.15) is 48.4 Å². The summed E-state index contributed by atoms with van der Waals surface area (Å²) in [6, 6.07) is 2.58. The van der Waals surface area contributed by atoms with Crippen molar-refractivity contribution >= 4 is 17.2 Å². The summed E-state index contributed by atoms with van der Waals surface area (Å²) in [5.74, 6) is 0.904. The topological polar surface area (TPSA) is 42.7 Å². The van der Waals surface area contributed by atoms with Crippen LogP contribution >= 0.6 is 11.3 Å². The molecule has 2 rings (SSSR count). The Morgan fingerprint density at radius 3 is 2.50 bits per heavy atom. The van der Waals surface area contributed by atoms with Crippen molar-refractivity contribution in [3.63, 3.8) is 0 Å². The predicted molar refractivity (Wildman–Crippen MR) is 76.2 cm³/mol. The summed E-state index contributed by atoms with van der Waals surface area (Å²) in [6.45, 7) is 10.5. The molecule has 2 heterocycles. The number of rotatable bonds is 4. The van der Waals surface area contributed by atoms with E-state index in [4.69, 9.17) is 0 Å². The highest BCUT2D eigenvalue weighted by Gasteiger charge is 2.14. The van der Waals surface area contributed by atoms with Crippen LogP contribution in [0.15, 0.2) is 12.3 Å². The zero-order valence-electron chi connectivity index (χ0n) is 11.6. The van der Waals surface area contributed by atoms with Gasteiger partial charge in [0.05, 0.1) is 16.7 Å². The molecule has 0 radical (unpaired) electrons. The van der Waals surface area contributed by atoms with E-state index < -0.39 is 0 Å². The van der Waals surface area contributed by atoms with Gasteiger partial charge in [-0.25, -0.2) is 4.98 Å². The van der Waals surface area contributed by atoms with Crippen molar-refractivity contribution in [3.05, 3.63) is 27.8 Å². The van der Waals surface area contributed by atoms with E-state index in [0.717, 1.165) is 16.5 Å². The summed E-state index contributed by atoms with van der Waals surface area (Å²) in [6.07, 6.45) is 2.00. The lowest BCUT2D eigenvalue weighted by Gasteiger charge is -2.12. The highest BCUT2D eigenvalue weighted by molar-refractivity contribution is 7.11. The fourth-order valence-electron chi connectivity index (χ4n) is 1.94. The first-order valence-corrected chi connectivity index (χ1v) is 7.04. The fraction of sp³-hybridized carbons (Fsp3) is 0.538. The average Bonchev–Trinajstić information content (AvgIpc) is 2.85. The Kier molecular flexibility index (Phi) is 3.71. The summed E-state index contributed by atoms with van der Waals surface area (Å²) in [7, 11) is 0. The van der Waals surface area contributed by atoms with Crippen molar-refractivity contribution in [1.82, 2.24) is 14.8 Å². The number of nitrogens with one attached hydrogen (secondary N) is 1. The lowest BCUT2D eigenvalue weighted by Crippen LogP contribution is -2.10. The van der Waals surface area contributed by atoms with E-state index in [0.29, 0.717) is 6.04 Å². The maximum Gasteiger partial charge on any atom is 0.148 e. The van der Waals surface area contributed by atoms with E-state index in [2.05, 4.69) is 43.1 Å². The van der Waals surface area contributed by atoms with Crippen molar-refractivity contribution in [2.24, 2.45) is 0 Å². The van der Waals surface area contributed by atoms with Gasteiger partial charge in [-0.3, -0.25) is 4.68 Å². The number of thiazole rings is 1. The molecule has 18 heavy (non-hydrogen) atoms. The van der Waals surface area contributed by atoms with Crippen LogP contribution < -0.4 is 5.32 Å². The number of aryl methyl sites for hydroxylation is 2. The van der Waals surface area contributed by atoms with E-state index in [1.165, 1.54) is 4.88 Å². The highest BCUT2D eigenvalue weighted by atomic mass is 32.1. The third-order valence-corrected chi connectivity index (χ3v) is 3.75. The Labute approximate surface area is 112 Å². The minimum Gasteiger partial charge on any atom is -0.360 e. The Balaban J connectivity index is 2.11. The highest BCUT2D eigenvalue weighted by Crippen LogP contribution is 2.25. The van der Waals surface area contributed by atoms with Crippen LogP contribution in [-0.2, 0) is 0 Å². The molecule has 1 unspecified atom stereocenters. The Bertz CT molecular complexity index is 527. The second-order valence-corrected chi connectivity index (χ2v) is 6.22. The van der Waals surface area contributed by atoms with Crippen LogP contribution in [0.2, 0.25) is 0 Å². The van der Waals surface area contributed by atoms with Crippen molar-refractivity contribution in [1.29, 1.82) is 0 Å². The molecule has 1 N–H and O–H groups in total. The monoisotopic (exact) mass is 264 g/mol. The van der Waals surface area contributed by atoms with Crippen LogP contribution in [0.3, 0.4) is 0 Å². The molecule has 0 bridgehead atoms. The standard InChI is InChI=1S/C13H20N4S/c1-8(2)17-7-6-12(16-17)14-9(3)13-10(4)18-11(5)15-13/h6-9H,1-5H3,(H,14,16). The number of nitrogens with zero attached hydrogens (tertiary/aromatic N) is 3. The molecule has 0 saturated heterocycles. The average molecular weight is 264 g/mol. The molecule has 0 aromatic carbocycles. The van der Waals surface area contributed by atoms with Crippen molar-refractivity contribution < 1.29 is 0 Å². The predicted octanol–water partition coefficient (Wildman–Crippen LogP) is 3.71. The van der Waals surface area contributed by atoms with Gasteiger partial charge in [0.1, 0.15) is 5.82 Å². The van der Waals surface area contributed by atoms with E-state index >= 15 is 0 Å². The maximum atomic E-state index is 4.57. The lowest BCUT2D eigenvalue weighted by atomic mass is 10.2. The second-order valence-electron chi connectivity index (χ2n) is 4.82. The van der Waals surface area contributed by atoms with Gasteiger partial charge in [0, 0.05) is 23.2 Å². The van der Waals surface area contributed by atoms with Crippen LogP contribution in [0.4, 0.5) is 5.82 Å². The largest absolute Gasteiger partial charge is 0.360 e. The zero-order valence-corrected chi connectivity index (χ0v) is 12.4. The van der Waals surface area contributed by atoms with Crippen molar-refractivity contribution in [2.75, 3.05) is 5.32 Å². The summed E-state index contributed by atoms with van der Waals surface area (Å²) in [4.78, 5) is 5.84. The van der Waals surface area contributed by atoms with Gasteiger partial charge in [0.15, 0.2) is 0 Å². The molecule has 98 valence electrons. The van der Waals surface area contributed by atoms with Gasteiger partial charge in [-0.2, -0.15) is 5.10 Å². The molecule has 0 aliphatic rings. The first-order valence-electron chi connectivity index (χ1n) is 6.23. The van der Waals surface area contributed by atoms with E-state index in [9.17, 15) is 0 Å². The first-order chi connectivity index (χ1) is 8.47. The van der Waals surface area contributed by atoms with Crippen LogP contribution in [0.5, 0.6) is 0 Å². The van der Waals surface area contributed by atoms with E-state index in [1.807, 2.05) is 23.9 Å². The molecule has 1 atom stereocenters. The number of aromatic nitrogens is 3. The maximum absolute atomic E-state index is 4.57. The number of hydrogen-bond donors (Lipinski definition) is 1. The second kappa shape index (κ2) is 5.10. The fourth-order valence-corrected chi connectivity index (χ4v) is 2.85. The summed E-state index contributed by atoms with van der Waals surface area (Å²) >= 11 is 1.74. The summed E-state index contributed by atoms with van der Waals surface area (Å²) < 4.78 is 1.95. The van der Waals surface area contributed by atoms with Gasteiger partial charge in [-0.15, -0.1) is 11.3 Å². The van der Waals surface area contributed by atoms with Gasteiger partial charge in [0.25, 0.3) is 0 Å². The molecule has 0 spiro atoms. The van der Waals surface area contributed by atoms with Gasteiger partial charge in [-0.05, 0) is 34.6 Å². The normalized spacial score (nSPS) is 13.0. The molecular formula is C13H20N4S. The minimum absolute atomic E-state index is 0.186. The van der Waals surface area contributed by atoms with Crippen LogP contribution in [-0.4, -0.2) is 14.8 Å². The summed E-state index contributed by atoms with van der Waals surface area (Å²) in [5.41, 5.74) is 1.12. The van der Waals surface area contributed by atoms with Gasteiger partial charge >= 0.3 is 0 Å². The summed E-state index contributed by atoms with van der Waals surface area (Å²) in [5, 5.41) is 9.01. The molecule has 0 aliphatic heterocycles. The van der Waals surface area contributed by atoms with E-state index in [-0.39, 0.29) is 6.04 Å². The smallest absolute Gasteiger partial charge is 0.148 e. The van der Waals surface area contributed by atoms with Crippen LogP contribution in [0, 0.1) is 13.8 Å². The molecule has 2 aromatic rings. The third kappa shape index (κ3) is 2.72. The Morgan fingerprint density at radius 1 is 1.28 bits per heavy atom. The minimum atomic E-state index is 0.186. The SMILES string of the molecule is Cc1nc(C(C)Nc2ccn(C(C)C)n2)c(C)s1. The Morgan fingerprint density at radius 2 is 2.00 bits per heavy atom. The molecule has 0 aliphatic carbocycles. The van der Waals surface area contributed by atoms with Gasteiger partial charge < -0.3 is 5.32 Å². The first kappa shape index (κ1) is 13.1. The molecule has 0 fully saturated rings. The number of anilines is 1. The molecular weight excluding hydrogens is 244 g/mol. The van der Waals surface area contributed by atoms with Crippen molar-refractivity contribution in [3.8, 4) is 0 Å². The van der Waals surface area contributed by atoms with Gasteiger partial charge in [0.2, 0.25) is 0 Å². The zero-order chi connectivity index (χ0) is 13.3. The van der Waals surface area contributed by atoms with Crippen LogP contribution in [0.25, 0.3) is 0 Å². The third-order valence-electron chi connectivity index (χ3n) is 2.85. The quantitative estimate of drug-likeness (QED) is 0.915. The van der Waals surface area contributed by atoms with Gasteiger partial charge in [-0.1, -0.05) is 0 Å². The Hall–Kier alpha value is -1.36. The molecule has 0 amide bonds. The van der Waals surface area contributed by atoms with E-state index in [1.54, 1.807) is 11.3 Å². The molecule has 0 saturated carbocycles. The molecule has 4 nitrogen and oxygen atoms in total. The van der Waals surface area contributed by atoms with Crippen molar-refractivity contribution in [2.45, 2.75) is 46.7 Å². The molecule has 2 aromatic heterocycles. The lowest BCUT2D eigenvalue weighted by molar-refractivity contribution is 0.533. The molecule has 5 heteroatoms. The number of hydrogen-bond acceptors (Lipinski definition) is 4.